The van der Waals surface area contributed by atoms with E-state index in [9.17, 15) is 9.59 Å². The zero-order chi connectivity index (χ0) is 26.6. The first-order chi connectivity index (χ1) is 18.4. The van der Waals surface area contributed by atoms with Crippen LogP contribution in [0.15, 0.2) is 61.1 Å². The topological polar surface area (TPSA) is 107 Å². The first kappa shape index (κ1) is 25.4. The van der Waals surface area contributed by atoms with Gasteiger partial charge in [-0.05, 0) is 73.7 Å². The van der Waals surface area contributed by atoms with Crippen LogP contribution in [0, 0.1) is 12.8 Å². The number of hydrogen-bond donors (Lipinski definition) is 2. The number of benzene rings is 1. The maximum Gasteiger partial charge on any atom is 0.270 e. The standard InChI is InChI=1S/C29H33N7O2/c1-19-17-32-36(3)27(19)22-11-14-25(30-18-22)33-23-12-9-21(10-13-23)28(37)26(20-7-5-4-6-8-20)34-29(38)24-15-16-31-35(24)2/h9-18,20,26H,4-8H2,1-3H3,(H,30,33)(H,34,38)/t26-/m0/s1. The summed E-state index contributed by atoms with van der Waals surface area (Å²) in [7, 11) is 3.64. The summed E-state index contributed by atoms with van der Waals surface area (Å²) in [5.41, 5.74) is 4.97. The Bertz CT molecular complexity index is 1390. The van der Waals surface area contributed by atoms with Crippen molar-refractivity contribution in [2.45, 2.75) is 45.1 Å². The van der Waals surface area contributed by atoms with E-state index in [-0.39, 0.29) is 17.6 Å². The largest absolute Gasteiger partial charge is 0.340 e. The number of carbonyl (C=O) groups is 2. The third-order valence-corrected chi connectivity index (χ3v) is 7.34. The molecule has 5 rings (SSSR count). The van der Waals surface area contributed by atoms with Gasteiger partial charge in [0.15, 0.2) is 5.78 Å². The van der Waals surface area contributed by atoms with Gasteiger partial charge in [0.2, 0.25) is 0 Å². The normalized spacial score (nSPS) is 14.7. The second-order valence-electron chi connectivity index (χ2n) is 9.99. The van der Waals surface area contributed by atoms with Gasteiger partial charge in [-0.1, -0.05) is 19.3 Å². The van der Waals surface area contributed by atoms with Crippen LogP contribution >= 0.6 is 0 Å². The first-order valence-electron chi connectivity index (χ1n) is 13.1. The fourth-order valence-electron chi connectivity index (χ4n) is 5.29. The second-order valence-corrected chi connectivity index (χ2v) is 9.99. The Hall–Kier alpha value is -4.27. The van der Waals surface area contributed by atoms with Crippen molar-refractivity contribution in [2.75, 3.05) is 5.32 Å². The molecule has 1 saturated carbocycles. The molecule has 0 aliphatic heterocycles. The number of aryl methyl sites for hydroxylation is 3. The van der Waals surface area contributed by atoms with E-state index in [1.165, 1.54) is 11.1 Å². The van der Waals surface area contributed by atoms with Gasteiger partial charge in [-0.25, -0.2) is 4.98 Å². The Kier molecular flexibility index (Phi) is 7.35. The number of aromatic nitrogens is 5. The summed E-state index contributed by atoms with van der Waals surface area (Å²) < 4.78 is 3.37. The molecule has 0 radical (unpaired) electrons. The van der Waals surface area contributed by atoms with Crippen LogP contribution in [0.4, 0.5) is 11.5 Å². The Morgan fingerprint density at radius 2 is 1.68 bits per heavy atom. The molecular weight excluding hydrogens is 478 g/mol. The lowest BCUT2D eigenvalue weighted by Crippen LogP contribution is -2.47. The highest BCUT2D eigenvalue weighted by Crippen LogP contribution is 2.29. The van der Waals surface area contributed by atoms with Crippen LogP contribution in [0.2, 0.25) is 0 Å². The average molecular weight is 512 g/mol. The molecule has 3 aromatic heterocycles. The zero-order valence-corrected chi connectivity index (χ0v) is 22.0. The molecule has 1 atom stereocenters. The number of amides is 1. The number of nitrogens with one attached hydrogen (secondary N) is 2. The van der Waals surface area contributed by atoms with Crippen LogP contribution in [0.5, 0.6) is 0 Å². The number of pyridine rings is 1. The molecule has 0 saturated heterocycles. The number of hydrogen-bond acceptors (Lipinski definition) is 6. The first-order valence-corrected chi connectivity index (χ1v) is 13.1. The average Bonchev–Trinajstić information content (AvgIpc) is 3.52. The van der Waals surface area contributed by atoms with Crippen LogP contribution in [0.3, 0.4) is 0 Å². The van der Waals surface area contributed by atoms with Gasteiger partial charge < -0.3 is 10.6 Å². The number of ketones is 1. The van der Waals surface area contributed by atoms with Crippen LogP contribution in [0.25, 0.3) is 11.3 Å². The molecule has 196 valence electrons. The molecule has 38 heavy (non-hydrogen) atoms. The van der Waals surface area contributed by atoms with E-state index < -0.39 is 6.04 Å². The molecule has 0 unspecified atom stereocenters. The summed E-state index contributed by atoms with van der Waals surface area (Å²) >= 11 is 0. The van der Waals surface area contributed by atoms with Gasteiger partial charge in [0, 0.05) is 43.3 Å². The Morgan fingerprint density at radius 1 is 0.921 bits per heavy atom. The fourth-order valence-corrected chi connectivity index (χ4v) is 5.29. The second kappa shape index (κ2) is 11.0. The van der Waals surface area contributed by atoms with Gasteiger partial charge in [0.05, 0.1) is 17.9 Å². The minimum absolute atomic E-state index is 0.0620. The molecular formula is C29H33N7O2. The van der Waals surface area contributed by atoms with Crippen molar-refractivity contribution in [1.82, 2.24) is 29.9 Å². The van der Waals surface area contributed by atoms with E-state index in [0.29, 0.717) is 17.1 Å². The summed E-state index contributed by atoms with van der Waals surface area (Å²) in [4.78, 5) is 31.1. The minimum Gasteiger partial charge on any atom is -0.340 e. The van der Waals surface area contributed by atoms with E-state index in [0.717, 1.165) is 48.2 Å². The van der Waals surface area contributed by atoms with Crippen LogP contribution < -0.4 is 10.6 Å². The van der Waals surface area contributed by atoms with Gasteiger partial charge in [0.25, 0.3) is 5.91 Å². The minimum atomic E-state index is -0.568. The highest BCUT2D eigenvalue weighted by atomic mass is 16.2. The van der Waals surface area contributed by atoms with Crippen molar-refractivity contribution < 1.29 is 9.59 Å². The summed E-state index contributed by atoms with van der Waals surface area (Å²) in [5.74, 6) is 0.490. The molecule has 1 amide bonds. The number of nitrogens with zero attached hydrogens (tertiary/aromatic N) is 5. The van der Waals surface area contributed by atoms with Gasteiger partial charge >= 0.3 is 0 Å². The van der Waals surface area contributed by atoms with E-state index in [4.69, 9.17) is 0 Å². The molecule has 9 heteroatoms. The SMILES string of the molecule is Cc1cnn(C)c1-c1ccc(Nc2ccc(C(=O)[C@@H](NC(=O)c3ccnn3C)C3CCCCC3)cc2)nc1. The highest BCUT2D eigenvalue weighted by Gasteiger charge is 2.32. The highest BCUT2D eigenvalue weighted by molar-refractivity contribution is 6.04. The summed E-state index contributed by atoms with van der Waals surface area (Å²) in [5, 5.41) is 14.7. The van der Waals surface area contributed by atoms with Crippen molar-refractivity contribution in [3.05, 3.63) is 77.9 Å². The summed E-state index contributed by atoms with van der Waals surface area (Å²) in [6, 6.07) is 12.4. The smallest absolute Gasteiger partial charge is 0.270 e. The fraction of sp³-hybridized carbons (Fsp3) is 0.345. The number of Topliss-reactive ketones (excluding diaryl/α,β-unsaturated/α-hetero) is 1. The number of anilines is 2. The van der Waals surface area contributed by atoms with Crippen molar-refractivity contribution in [1.29, 1.82) is 0 Å². The lowest BCUT2D eigenvalue weighted by Gasteiger charge is -2.30. The maximum atomic E-state index is 13.6. The van der Waals surface area contributed by atoms with E-state index in [2.05, 4.69) is 25.8 Å². The van der Waals surface area contributed by atoms with Crippen molar-refractivity contribution in [2.24, 2.45) is 20.0 Å². The van der Waals surface area contributed by atoms with Crippen LogP contribution in [0.1, 0.15) is 58.5 Å². The van der Waals surface area contributed by atoms with Gasteiger partial charge in [-0.3, -0.25) is 19.0 Å². The van der Waals surface area contributed by atoms with E-state index in [1.54, 1.807) is 19.3 Å². The van der Waals surface area contributed by atoms with E-state index in [1.807, 2.05) is 67.4 Å². The molecule has 0 spiro atoms. The van der Waals surface area contributed by atoms with Crippen LogP contribution in [-0.4, -0.2) is 42.3 Å². The molecule has 2 N–H and O–H groups in total. The Morgan fingerprint density at radius 3 is 2.29 bits per heavy atom. The van der Waals surface area contributed by atoms with Gasteiger partial charge in [-0.2, -0.15) is 10.2 Å². The molecule has 3 heterocycles. The maximum absolute atomic E-state index is 13.6. The lowest BCUT2D eigenvalue weighted by molar-refractivity contribution is 0.0798. The summed E-state index contributed by atoms with van der Waals surface area (Å²) in [6.07, 6.45) is 10.4. The van der Waals surface area contributed by atoms with Gasteiger partial charge in [-0.15, -0.1) is 0 Å². The third-order valence-electron chi connectivity index (χ3n) is 7.34. The molecule has 9 nitrogen and oxygen atoms in total. The Labute approximate surface area is 222 Å². The predicted molar refractivity (Wildman–Crippen MR) is 146 cm³/mol. The number of rotatable bonds is 8. The van der Waals surface area contributed by atoms with Crippen molar-refractivity contribution >= 4 is 23.2 Å². The number of carbonyl (C=O) groups excluding carboxylic acids is 2. The predicted octanol–water partition coefficient (Wildman–Crippen LogP) is 4.83. The zero-order valence-electron chi connectivity index (χ0n) is 22.0. The molecule has 0 bridgehead atoms. The molecule has 1 aliphatic rings. The van der Waals surface area contributed by atoms with Crippen LogP contribution in [-0.2, 0) is 14.1 Å². The van der Waals surface area contributed by atoms with Crippen molar-refractivity contribution in [3.8, 4) is 11.3 Å². The van der Waals surface area contributed by atoms with Gasteiger partial charge in [0.1, 0.15) is 11.5 Å². The van der Waals surface area contributed by atoms with Crippen molar-refractivity contribution in [3.63, 3.8) is 0 Å². The van der Waals surface area contributed by atoms with E-state index >= 15 is 0 Å². The molecule has 1 aliphatic carbocycles. The monoisotopic (exact) mass is 511 g/mol. The molecule has 1 aromatic carbocycles. The molecule has 1 fully saturated rings. The Balaban J connectivity index is 1.29. The summed E-state index contributed by atoms with van der Waals surface area (Å²) in [6.45, 7) is 2.03. The molecule has 4 aromatic rings. The third kappa shape index (κ3) is 5.37. The lowest BCUT2D eigenvalue weighted by atomic mass is 9.81. The quantitative estimate of drug-likeness (QED) is 0.328.